The number of ether oxygens (including phenoxy) is 1. The van der Waals surface area contributed by atoms with Crippen LogP contribution in [0.5, 0.6) is 0 Å². The van der Waals surface area contributed by atoms with Gasteiger partial charge in [-0.2, -0.15) is 0 Å². The van der Waals surface area contributed by atoms with Crippen LogP contribution in [-0.2, 0) is 4.74 Å². The minimum Gasteiger partial charge on any atom is -0.444 e. The second-order valence-electron chi connectivity index (χ2n) is 6.51. The highest BCUT2D eigenvalue weighted by Crippen LogP contribution is 2.24. The monoisotopic (exact) mass is 282 g/mol. The van der Waals surface area contributed by atoms with Gasteiger partial charge in [0.15, 0.2) is 0 Å². The Kier molecular flexibility index (Phi) is 6.53. The maximum Gasteiger partial charge on any atom is 0.410 e. The lowest BCUT2D eigenvalue weighted by Gasteiger charge is -2.26. The lowest BCUT2D eigenvalue weighted by molar-refractivity contribution is 0.0285. The van der Waals surface area contributed by atoms with Crippen molar-refractivity contribution in [2.75, 3.05) is 19.6 Å². The highest BCUT2D eigenvalue weighted by Gasteiger charge is 2.33. The van der Waals surface area contributed by atoms with E-state index < -0.39 is 5.60 Å². The third-order valence-electron chi connectivity index (χ3n) is 3.59. The topological polar surface area (TPSA) is 41.6 Å². The zero-order valence-electron chi connectivity index (χ0n) is 13.4. The van der Waals surface area contributed by atoms with Gasteiger partial charge in [0, 0.05) is 19.1 Å². The quantitative estimate of drug-likeness (QED) is 0.761. The van der Waals surface area contributed by atoms with Gasteiger partial charge in [-0.05, 0) is 52.5 Å². The predicted octanol–water partition coefficient (Wildman–Crippen LogP) is 3.19. The average Bonchev–Trinajstić information content (AvgIpc) is 2.82. The number of nitrogens with one attached hydrogen (secondary N) is 1. The summed E-state index contributed by atoms with van der Waals surface area (Å²) in [5.74, 6) is 0.516. The molecule has 1 saturated heterocycles. The highest BCUT2D eigenvalue weighted by atomic mass is 16.6. The summed E-state index contributed by atoms with van der Waals surface area (Å²) >= 11 is 0. The van der Waals surface area contributed by atoms with E-state index in [4.69, 9.17) is 4.74 Å². The fraction of sp³-hybridized carbons (Fsp3) is 0.812. The van der Waals surface area contributed by atoms with E-state index in [1.807, 2.05) is 31.7 Å². The van der Waals surface area contributed by atoms with E-state index >= 15 is 0 Å². The van der Waals surface area contributed by atoms with Crippen molar-refractivity contribution in [2.45, 2.75) is 58.6 Å². The zero-order chi connectivity index (χ0) is 15.2. The standard InChI is InChI=1S/C16H30N2O2/c1-6-8-9-14(17-7-2)13-10-11-18(12-13)15(19)20-16(3,4)5/h6,13-14,17H,1,7-12H2,2-5H3. The molecular formula is C16H30N2O2. The Labute approximate surface area is 123 Å². The summed E-state index contributed by atoms with van der Waals surface area (Å²) in [7, 11) is 0. The molecular weight excluding hydrogens is 252 g/mol. The van der Waals surface area contributed by atoms with Gasteiger partial charge >= 0.3 is 6.09 Å². The highest BCUT2D eigenvalue weighted by molar-refractivity contribution is 5.68. The largest absolute Gasteiger partial charge is 0.444 e. The first-order valence-corrected chi connectivity index (χ1v) is 7.69. The van der Waals surface area contributed by atoms with Gasteiger partial charge in [0.25, 0.3) is 0 Å². The van der Waals surface area contributed by atoms with E-state index in [1.165, 1.54) is 0 Å². The number of rotatable bonds is 6. The van der Waals surface area contributed by atoms with E-state index in [0.717, 1.165) is 38.9 Å². The van der Waals surface area contributed by atoms with Crippen molar-refractivity contribution >= 4 is 6.09 Å². The second-order valence-corrected chi connectivity index (χ2v) is 6.51. The molecule has 116 valence electrons. The molecule has 1 fully saturated rings. The Balaban J connectivity index is 2.51. The number of carbonyl (C=O) groups excluding carboxylic acids is 1. The van der Waals surface area contributed by atoms with Crippen LogP contribution in [0.1, 0.15) is 47.0 Å². The molecule has 1 N–H and O–H groups in total. The molecule has 0 aromatic carbocycles. The van der Waals surface area contributed by atoms with Gasteiger partial charge in [0.2, 0.25) is 0 Å². The number of nitrogens with zero attached hydrogens (tertiary/aromatic N) is 1. The van der Waals surface area contributed by atoms with Gasteiger partial charge in [-0.15, -0.1) is 6.58 Å². The molecule has 0 aliphatic carbocycles. The maximum atomic E-state index is 12.1. The van der Waals surface area contributed by atoms with Gasteiger partial charge < -0.3 is 15.0 Å². The van der Waals surface area contributed by atoms with Gasteiger partial charge in [-0.25, -0.2) is 4.79 Å². The molecule has 1 aliphatic heterocycles. The lowest BCUT2D eigenvalue weighted by Crippen LogP contribution is -2.39. The second kappa shape index (κ2) is 7.67. The summed E-state index contributed by atoms with van der Waals surface area (Å²) in [6.45, 7) is 14.2. The third-order valence-corrected chi connectivity index (χ3v) is 3.59. The number of hydrogen-bond donors (Lipinski definition) is 1. The molecule has 4 heteroatoms. The first-order chi connectivity index (χ1) is 9.37. The Morgan fingerprint density at radius 2 is 2.25 bits per heavy atom. The average molecular weight is 282 g/mol. The minimum absolute atomic E-state index is 0.182. The maximum absolute atomic E-state index is 12.1. The first kappa shape index (κ1) is 17.0. The summed E-state index contributed by atoms with van der Waals surface area (Å²) in [6, 6.07) is 0.463. The van der Waals surface area contributed by atoms with Gasteiger partial charge in [-0.3, -0.25) is 0 Å². The van der Waals surface area contributed by atoms with E-state index in [1.54, 1.807) is 0 Å². The first-order valence-electron chi connectivity index (χ1n) is 7.69. The van der Waals surface area contributed by atoms with Crippen LogP contribution in [0.25, 0.3) is 0 Å². The van der Waals surface area contributed by atoms with Crippen molar-refractivity contribution in [3.63, 3.8) is 0 Å². The molecule has 0 radical (unpaired) electrons. The molecule has 0 aromatic heterocycles. The van der Waals surface area contributed by atoms with Crippen LogP contribution in [0.3, 0.4) is 0 Å². The van der Waals surface area contributed by atoms with Crippen molar-refractivity contribution in [1.82, 2.24) is 10.2 Å². The normalized spacial score (nSPS) is 20.8. The SMILES string of the molecule is C=CCCC(NCC)C1CCN(C(=O)OC(C)(C)C)C1. The van der Waals surface area contributed by atoms with Crippen molar-refractivity contribution in [1.29, 1.82) is 0 Å². The van der Waals surface area contributed by atoms with Gasteiger partial charge in [0.1, 0.15) is 5.60 Å². The Morgan fingerprint density at radius 1 is 1.55 bits per heavy atom. The van der Waals surface area contributed by atoms with Gasteiger partial charge in [0.05, 0.1) is 0 Å². The van der Waals surface area contributed by atoms with E-state index in [-0.39, 0.29) is 6.09 Å². The molecule has 1 aliphatic rings. The summed E-state index contributed by atoms with van der Waals surface area (Å²) in [4.78, 5) is 13.9. The van der Waals surface area contributed by atoms with E-state index in [2.05, 4.69) is 18.8 Å². The number of hydrogen-bond acceptors (Lipinski definition) is 3. The molecule has 1 heterocycles. The number of likely N-dealkylation sites (tertiary alicyclic amines) is 1. The predicted molar refractivity (Wildman–Crippen MR) is 82.8 cm³/mol. The molecule has 2 atom stereocenters. The molecule has 0 aromatic rings. The molecule has 1 rings (SSSR count). The Morgan fingerprint density at radius 3 is 2.80 bits per heavy atom. The van der Waals surface area contributed by atoms with Crippen LogP contribution < -0.4 is 5.32 Å². The van der Waals surface area contributed by atoms with Gasteiger partial charge in [-0.1, -0.05) is 13.0 Å². The molecule has 4 nitrogen and oxygen atoms in total. The van der Waals surface area contributed by atoms with Crippen LogP contribution in [0.4, 0.5) is 4.79 Å². The van der Waals surface area contributed by atoms with Crippen LogP contribution in [0, 0.1) is 5.92 Å². The summed E-state index contributed by atoms with van der Waals surface area (Å²) < 4.78 is 5.44. The fourth-order valence-electron chi connectivity index (χ4n) is 2.67. The van der Waals surface area contributed by atoms with E-state index in [0.29, 0.717) is 12.0 Å². The lowest BCUT2D eigenvalue weighted by atomic mass is 9.95. The van der Waals surface area contributed by atoms with Crippen molar-refractivity contribution in [3.05, 3.63) is 12.7 Å². The molecule has 0 spiro atoms. The molecule has 20 heavy (non-hydrogen) atoms. The molecule has 0 bridgehead atoms. The minimum atomic E-state index is -0.418. The number of amides is 1. The van der Waals surface area contributed by atoms with Crippen LogP contribution in [-0.4, -0.2) is 42.3 Å². The van der Waals surface area contributed by atoms with Crippen LogP contribution in [0.2, 0.25) is 0 Å². The van der Waals surface area contributed by atoms with E-state index in [9.17, 15) is 4.79 Å². The summed E-state index contributed by atoms with van der Waals surface area (Å²) in [6.07, 6.45) is 4.93. The number of carbonyl (C=O) groups is 1. The Hall–Kier alpha value is -1.03. The zero-order valence-corrected chi connectivity index (χ0v) is 13.4. The fourth-order valence-corrected chi connectivity index (χ4v) is 2.67. The third kappa shape index (κ3) is 5.53. The van der Waals surface area contributed by atoms with Crippen LogP contribution >= 0.6 is 0 Å². The number of allylic oxidation sites excluding steroid dienone is 1. The molecule has 2 unspecified atom stereocenters. The summed E-state index contributed by atoms with van der Waals surface area (Å²) in [5, 5.41) is 3.54. The summed E-state index contributed by atoms with van der Waals surface area (Å²) in [5.41, 5.74) is -0.418. The molecule has 0 saturated carbocycles. The Bertz CT molecular complexity index is 323. The van der Waals surface area contributed by atoms with Crippen molar-refractivity contribution in [2.24, 2.45) is 5.92 Å². The van der Waals surface area contributed by atoms with Crippen molar-refractivity contribution in [3.8, 4) is 0 Å². The smallest absolute Gasteiger partial charge is 0.410 e. The van der Waals surface area contributed by atoms with Crippen LogP contribution in [0.15, 0.2) is 12.7 Å². The molecule has 1 amide bonds. The van der Waals surface area contributed by atoms with Crippen molar-refractivity contribution < 1.29 is 9.53 Å².